The van der Waals surface area contributed by atoms with E-state index in [0.717, 1.165) is 11.1 Å². The van der Waals surface area contributed by atoms with Gasteiger partial charge in [0, 0.05) is 18.8 Å². The number of hydrogen-bond donors (Lipinski definition) is 0. The number of nitrogens with zero attached hydrogens (tertiary/aromatic N) is 1. The Hall–Kier alpha value is -2.88. The number of ether oxygens (including phenoxy) is 2. The predicted octanol–water partition coefficient (Wildman–Crippen LogP) is 6.88. The van der Waals surface area contributed by atoms with Crippen molar-refractivity contribution in [1.29, 1.82) is 0 Å². The molecule has 39 heavy (non-hydrogen) atoms. The number of hydrogen-bond acceptors (Lipinski definition) is 5. The van der Waals surface area contributed by atoms with Crippen LogP contribution in [0.1, 0.15) is 44.4 Å². The van der Waals surface area contributed by atoms with Crippen LogP contribution in [-0.4, -0.2) is 32.5 Å². The Morgan fingerprint density at radius 2 is 1.23 bits per heavy atom. The van der Waals surface area contributed by atoms with Gasteiger partial charge in [-0.25, -0.2) is 0 Å². The molecule has 0 aromatic heterocycles. The Balaban J connectivity index is 1.80. The van der Waals surface area contributed by atoms with E-state index in [2.05, 4.69) is 0 Å². The second-order valence-corrected chi connectivity index (χ2v) is 10.9. The fourth-order valence-corrected chi connectivity index (χ4v) is 4.72. The first-order valence-electron chi connectivity index (χ1n) is 12.5. The van der Waals surface area contributed by atoms with Crippen LogP contribution in [0.4, 0.5) is 18.9 Å². The normalized spacial score (nSPS) is 16.3. The van der Waals surface area contributed by atoms with Crippen LogP contribution in [-0.2, 0) is 28.6 Å². The Labute approximate surface area is 232 Å². The molecule has 0 spiro atoms. The van der Waals surface area contributed by atoms with Gasteiger partial charge in [-0.15, -0.1) is 0 Å². The van der Waals surface area contributed by atoms with Crippen molar-refractivity contribution in [3.05, 3.63) is 82.4 Å². The third kappa shape index (κ3) is 6.31. The van der Waals surface area contributed by atoms with Crippen molar-refractivity contribution in [2.45, 2.75) is 58.2 Å². The molecule has 0 unspecified atom stereocenters. The van der Waals surface area contributed by atoms with Crippen molar-refractivity contribution in [3.63, 3.8) is 0 Å². The predicted molar refractivity (Wildman–Crippen MR) is 148 cm³/mol. The average molecular weight is 562 g/mol. The van der Waals surface area contributed by atoms with Gasteiger partial charge >= 0.3 is 13.3 Å². The molecule has 0 amide bonds. The summed E-state index contributed by atoms with van der Waals surface area (Å²) >= 11 is 6.38. The highest BCUT2D eigenvalue weighted by Gasteiger charge is 2.54. The molecule has 10 heteroatoms. The molecule has 1 saturated heterocycles. The van der Waals surface area contributed by atoms with Crippen LogP contribution in [0.2, 0.25) is 5.02 Å². The largest absolute Gasteiger partial charge is 0.497 e. The fraction of sp³-hybridized carbons (Fsp3) is 0.379. The molecule has 1 aliphatic heterocycles. The first-order chi connectivity index (χ1) is 18.2. The molecule has 1 aliphatic rings. The number of benzene rings is 3. The quantitative estimate of drug-likeness (QED) is 0.280. The van der Waals surface area contributed by atoms with Crippen LogP contribution in [0.5, 0.6) is 11.5 Å². The zero-order valence-electron chi connectivity index (χ0n) is 22.9. The van der Waals surface area contributed by atoms with E-state index < -0.39 is 35.1 Å². The van der Waals surface area contributed by atoms with E-state index in [1.165, 1.54) is 12.1 Å². The van der Waals surface area contributed by atoms with E-state index in [1.807, 2.05) is 53.4 Å². The van der Waals surface area contributed by atoms with Crippen LogP contribution in [0, 0.1) is 0 Å². The lowest BCUT2D eigenvalue weighted by atomic mass is 9.75. The van der Waals surface area contributed by atoms with E-state index in [9.17, 15) is 13.2 Å². The van der Waals surface area contributed by atoms with Crippen molar-refractivity contribution in [2.75, 3.05) is 19.1 Å². The number of anilines is 1. The summed E-state index contributed by atoms with van der Waals surface area (Å²) in [6.45, 7) is 7.99. The number of methoxy groups -OCH3 is 2. The Morgan fingerprint density at radius 3 is 1.62 bits per heavy atom. The van der Waals surface area contributed by atoms with Gasteiger partial charge in [0.25, 0.3) is 0 Å². The average Bonchev–Trinajstić information content (AvgIpc) is 3.09. The minimum absolute atomic E-state index is 0.155. The van der Waals surface area contributed by atoms with Crippen LogP contribution < -0.4 is 19.8 Å². The van der Waals surface area contributed by atoms with Crippen molar-refractivity contribution >= 4 is 29.9 Å². The summed E-state index contributed by atoms with van der Waals surface area (Å²) in [7, 11) is 1.94. The van der Waals surface area contributed by atoms with Crippen molar-refractivity contribution in [2.24, 2.45) is 0 Å². The molecule has 0 aliphatic carbocycles. The Morgan fingerprint density at radius 1 is 0.795 bits per heavy atom. The summed E-state index contributed by atoms with van der Waals surface area (Å²) in [5.74, 6) is 1.42. The van der Waals surface area contributed by atoms with Crippen LogP contribution in [0.25, 0.3) is 0 Å². The maximum absolute atomic E-state index is 14.3. The fourth-order valence-electron chi connectivity index (χ4n) is 4.39. The molecule has 0 N–H and O–H groups in total. The van der Waals surface area contributed by atoms with Crippen LogP contribution in [0.3, 0.4) is 0 Å². The lowest BCUT2D eigenvalue weighted by molar-refractivity contribution is -0.136. The highest BCUT2D eigenvalue weighted by atomic mass is 35.5. The first kappa shape index (κ1) is 29.1. The standard InChI is InChI=1S/C29H32BClF3NO4/c1-27(2)28(3,4)39-30(38-27)24-15-21(16-25(31)26(24)29(32,33)34)35(17-19-7-11-22(36-5)12-8-19)18-20-9-13-23(37-6)14-10-20/h7-16H,17-18H2,1-6H3. The van der Waals surface area contributed by atoms with Crippen LogP contribution >= 0.6 is 11.6 Å². The van der Waals surface area contributed by atoms with Crippen molar-refractivity contribution in [3.8, 4) is 11.5 Å². The minimum Gasteiger partial charge on any atom is -0.497 e. The van der Waals surface area contributed by atoms with Gasteiger partial charge in [0.1, 0.15) is 11.5 Å². The SMILES string of the molecule is COc1ccc(CN(Cc2ccc(OC)cc2)c2cc(Cl)c(C(F)(F)F)c(B3OC(C)(C)C(C)(C)O3)c2)cc1. The van der Waals surface area contributed by atoms with Gasteiger partial charge in [0.15, 0.2) is 0 Å². The molecule has 0 saturated carbocycles. The molecule has 5 nitrogen and oxygen atoms in total. The summed E-state index contributed by atoms with van der Waals surface area (Å²) in [5, 5.41) is -0.417. The highest BCUT2D eigenvalue weighted by molar-refractivity contribution is 6.63. The molecule has 0 bridgehead atoms. The smallest absolute Gasteiger partial charge is 0.495 e. The minimum atomic E-state index is -4.70. The van der Waals surface area contributed by atoms with Crippen LogP contribution in [0.15, 0.2) is 60.7 Å². The topological polar surface area (TPSA) is 40.2 Å². The Kier molecular flexibility index (Phi) is 8.17. The monoisotopic (exact) mass is 561 g/mol. The van der Waals surface area contributed by atoms with Gasteiger partial charge in [0.2, 0.25) is 0 Å². The third-order valence-corrected chi connectivity index (χ3v) is 7.62. The lowest BCUT2D eigenvalue weighted by Crippen LogP contribution is -2.41. The molecule has 208 valence electrons. The summed E-state index contributed by atoms with van der Waals surface area (Å²) in [4.78, 5) is 1.96. The van der Waals surface area contributed by atoms with Gasteiger partial charge in [0.05, 0.1) is 36.0 Å². The maximum atomic E-state index is 14.3. The summed E-state index contributed by atoms with van der Waals surface area (Å²) in [6.07, 6.45) is -4.70. The van der Waals surface area contributed by atoms with Gasteiger partial charge in [-0.3, -0.25) is 0 Å². The Bertz CT molecular complexity index is 1230. The zero-order valence-corrected chi connectivity index (χ0v) is 23.6. The van der Waals surface area contributed by atoms with E-state index in [4.69, 9.17) is 30.4 Å². The molecule has 1 heterocycles. The van der Waals surface area contributed by atoms with Gasteiger partial charge < -0.3 is 23.7 Å². The summed E-state index contributed by atoms with van der Waals surface area (Å²) < 4.78 is 65.5. The number of rotatable bonds is 8. The molecule has 0 atom stereocenters. The molecule has 1 fully saturated rings. The first-order valence-corrected chi connectivity index (χ1v) is 12.9. The van der Waals surface area contributed by atoms with Gasteiger partial charge in [-0.2, -0.15) is 13.2 Å². The number of alkyl halides is 3. The lowest BCUT2D eigenvalue weighted by Gasteiger charge is -2.32. The molecular weight excluding hydrogens is 530 g/mol. The third-order valence-electron chi connectivity index (χ3n) is 7.33. The molecular formula is C29H32BClF3NO4. The number of halogens is 4. The maximum Gasteiger partial charge on any atom is 0.495 e. The zero-order chi connectivity index (χ0) is 28.6. The van der Waals surface area contributed by atoms with E-state index >= 15 is 0 Å². The second-order valence-electron chi connectivity index (χ2n) is 10.5. The highest BCUT2D eigenvalue weighted by Crippen LogP contribution is 2.41. The van der Waals surface area contributed by atoms with Gasteiger partial charge in [-0.05, 0) is 80.7 Å². The molecule has 4 rings (SSSR count). The van der Waals surface area contributed by atoms with Crippen molar-refractivity contribution < 1.29 is 32.0 Å². The summed E-state index contributed by atoms with van der Waals surface area (Å²) in [5.41, 5.74) is -0.373. The molecule has 3 aromatic carbocycles. The molecule has 3 aromatic rings. The molecule has 0 radical (unpaired) electrons. The van der Waals surface area contributed by atoms with E-state index in [0.29, 0.717) is 30.3 Å². The van der Waals surface area contributed by atoms with Gasteiger partial charge in [-0.1, -0.05) is 35.9 Å². The van der Waals surface area contributed by atoms with E-state index in [1.54, 1.807) is 41.9 Å². The second kappa shape index (κ2) is 10.9. The van der Waals surface area contributed by atoms with Crippen molar-refractivity contribution in [1.82, 2.24) is 0 Å². The summed E-state index contributed by atoms with van der Waals surface area (Å²) in [6, 6.07) is 17.9. The van der Waals surface area contributed by atoms with E-state index in [-0.39, 0.29) is 5.46 Å².